The van der Waals surface area contributed by atoms with Gasteiger partial charge in [-0.2, -0.15) is 30.3 Å². The first kappa shape index (κ1) is 30.6. The number of pyridine rings is 3. The van der Waals surface area contributed by atoms with E-state index in [1.165, 1.54) is 0 Å². The Labute approximate surface area is 273 Å². The molecule has 3 aromatic carbocycles. The van der Waals surface area contributed by atoms with Crippen LogP contribution in [0.25, 0.3) is 11.3 Å². The van der Waals surface area contributed by atoms with Crippen LogP contribution in [-0.2, 0) is 55.7 Å². The summed E-state index contributed by atoms with van der Waals surface area (Å²) in [6.45, 7) is 2.21. The molecule has 0 saturated carbocycles. The van der Waals surface area contributed by atoms with E-state index >= 15 is 0 Å². The zero-order chi connectivity index (χ0) is 28.8. The van der Waals surface area contributed by atoms with Crippen LogP contribution in [0.5, 0.6) is 0 Å². The van der Waals surface area contributed by atoms with Gasteiger partial charge in [0, 0.05) is 41.3 Å². The number of hydrogen-bond acceptors (Lipinski definition) is 4. The Hall–Kier alpha value is -3.89. The molecule has 0 radical (unpaired) electrons. The molecule has 0 aliphatic carbocycles. The fraction of sp³-hybridized carbons (Fsp3) is 0.132. The van der Waals surface area contributed by atoms with Crippen molar-refractivity contribution in [2.45, 2.75) is 29.9 Å². The maximum absolute atomic E-state index is 6.34. The minimum absolute atomic E-state index is 0. The Kier molecular flexibility index (Phi) is 9.67. The zero-order valence-electron chi connectivity index (χ0n) is 23.8. The first-order valence-electron chi connectivity index (χ1n) is 14.1. The molecule has 0 amide bonds. The number of benzene rings is 3. The van der Waals surface area contributed by atoms with Crippen molar-refractivity contribution in [2.75, 3.05) is 0 Å². The van der Waals surface area contributed by atoms with Crippen LogP contribution >= 0.6 is 0 Å². The summed E-state index contributed by atoms with van der Waals surface area (Å²) < 4.78 is -0.719. The van der Waals surface area contributed by atoms with E-state index in [2.05, 4.69) is 84.7 Å². The summed E-state index contributed by atoms with van der Waals surface area (Å²) in [5.74, 6) is 0. The molecule has 3 aromatic heterocycles. The monoisotopic (exact) mass is 753 g/mol. The molecule has 5 heteroatoms. The van der Waals surface area contributed by atoms with E-state index in [1.807, 2.05) is 72.9 Å². The van der Waals surface area contributed by atoms with Gasteiger partial charge >= 0.3 is 20.1 Å². The van der Waals surface area contributed by atoms with E-state index < -0.39 is 4.75 Å². The van der Waals surface area contributed by atoms with E-state index in [9.17, 15) is 0 Å². The van der Waals surface area contributed by atoms with Gasteiger partial charge in [0.15, 0.2) is 0 Å². The molecule has 212 valence electrons. The molecule has 0 saturated heterocycles. The van der Waals surface area contributed by atoms with E-state index in [1.54, 1.807) is 6.20 Å². The van der Waals surface area contributed by atoms with Gasteiger partial charge < -0.3 is 17.6 Å². The van der Waals surface area contributed by atoms with Crippen LogP contribution in [0.4, 0.5) is 0 Å². The van der Waals surface area contributed by atoms with E-state index in [0.717, 1.165) is 45.0 Å². The van der Waals surface area contributed by atoms with Gasteiger partial charge in [0.1, 0.15) is 0 Å². The third-order valence-corrected chi connectivity index (χ3v) is 8.35. The summed E-state index contributed by atoms with van der Waals surface area (Å²) in [6.07, 6.45) is 4.92. The third kappa shape index (κ3) is 6.70. The Balaban J connectivity index is 0.00000368. The van der Waals surface area contributed by atoms with Crippen molar-refractivity contribution in [1.82, 2.24) is 15.0 Å². The molecule has 6 aromatic rings. The summed E-state index contributed by atoms with van der Waals surface area (Å²) in [7, 11) is 0. The Bertz CT molecular complexity index is 1540. The minimum Gasteiger partial charge on any atom is -0.775 e. The first-order valence-corrected chi connectivity index (χ1v) is 14.5. The predicted molar refractivity (Wildman–Crippen MR) is 171 cm³/mol. The van der Waals surface area contributed by atoms with E-state index in [4.69, 9.17) is 22.6 Å². The van der Waals surface area contributed by atoms with Gasteiger partial charge in [-0.3, -0.25) is 9.97 Å². The quantitative estimate of drug-likeness (QED) is 0.112. The third-order valence-electron chi connectivity index (χ3n) is 7.76. The summed E-state index contributed by atoms with van der Waals surface area (Å²) in [4.78, 5) is 14.5. The standard InChI is InChI=1S/C38H31N3S.Ir/c1-37(31-16-4-2-5-17-31,35-22-8-10-24-39-35)28-33-20-13-21-34(41-33)30-15-12-14-29(26-30)27-38(42,32-18-6-3-7-19-32)36-23-9-11-25-40-36;/h2-16,18-25,42H,27-28H2,1H3;/q-2;+3/p-1. The molecule has 6 rings (SSSR count). The van der Waals surface area contributed by atoms with Crippen molar-refractivity contribution >= 4 is 12.6 Å². The van der Waals surface area contributed by atoms with Crippen molar-refractivity contribution in [1.29, 1.82) is 0 Å². The van der Waals surface area contributed by atoms with Crippen LogP contribution in [0.3, 0.4) is 0 Å². The van der Waals surface area contributed by atoms with Gasteiger partial charge in [-0.25, -0.2) is 0 Å². The summed E-state index contributed by atoms with van der Waals surface area (Å²) in [5, 5.41) is 0. The maximum Gasteiger partial charge on any atom is 3.00 e. The van der Waals surface area contributed by atoms with Crippen LogP contribution in [0.2, 0.25) is 0 Å². The minimum atomic E-state index is -0.719. The van der Waals surface area contributed by atoms with Gasteiger partial charge in [-0.05, 0) is 36.0 Å². The van der Waals surface area contributed by atoms with Crippen molar-refractivity contribution in [3.63, 3.8) is 0 Å². The molecule has 0 aliphatic heterocycles. The number of aromatic nitrogens is 3. The van der Waals surface area contributed by atoms with Crippen LogP contribution in [0, 0.1) is 12.1 Å². The second-order valence-electron chi connectivity index (χ2n) is 10.7. The zero-order valence-corrected chi connectivity index (χ0v) is 27.0. The normalized spacial score (nSPS) is 13.7. The SMILES string of the molecule is CC(Cc1cccc(-c2[c-]c(CC([S-])(c3ccccc3)c3ccccn3)ccc2)n1)(c1[c-]cccc1)c1ccccn1.[Ir+3]. The largest absolute Gasteiger partial charge is 3.00 e. The van der Waals surface area contributed by atoms with Crippen molar-refractivity contribution in [3.05, 3.63) is 186 Å². The molecule has 3 nitrogen and oxygen atoms in total. The maximum atomic E-state index is 6.34. The number of rotatable bonds is 9. The van der Waals surface area contributed by atoms with Gasteiger partial charge in [-0.15, -0.1) is 41.0 Å². The number of hydrogen-bond donors (Lipinski definition) is 0. The first-order chi connectivity index (χ1) is 20.5. The fourth-order valence-electron chi connectivity index (χ4n) is 5.53. The summed E-state index contributed by atoms with van der Waals surface area (Å²) in [5.41, 5.74) is 7.40. The molecule has 2 unspecified atom stereocenters. The molecule has 2 atom stereocenters. The van der Waals surface area contributed by atoms with Crippen LogP contribution in [0.15, 0.2) is 140 Å². The molecule has 0 bridgehead atoms. The van der Waals surface area contributed by atoms with E-state index in [0.29, 0.717) is 12.8 Å². The molecular weight excluding hydrogens is 723 g/mol. The second-order valence-corrected chi connectivity index (χ2v) is 11.4. The molecule has 43 heavy (non-hydrogen) atoms. The average Bonchev–Trinajstić information content (AvgIpc) is 3.06. The van der Waals surface area contributed by atoms with E-state index in [-0.39, 0.29) is 25.5 Å². The van der Waals surface area contributed by atoms with Gasteiger partial charge in [0.05, 0.1) is 0 Å². The van der Waals surface area contributed by atoms with Gasteiger partial charge in [0.2, 0.25) is 0 Å². The van der Waals surface area contributed by atoms with Crippen molar-refractivity contribution in [3.8, 4) is 11.3 Å². The van der Waals surface area contributed by atoms with Crippen molar-refractivity contribution in [2.24, 2.45) is 0 Å². The van der Waals surface area contributed by atoms with Gasteiger partial charge in [0.25, 0.3) is 0 Å². The topological polar surface area (TPSA) is 38.7 Å². The fourth-order valence-corrected chi connectivity index (χ4v) is 5.94. The molecule has 0 fully saturated rings. The Morgan fingerprint density at radius 1 is 0.674 bits per heavy atom. The average molecular weight is 753 g/mol. The summed E-state index contributed by atoms with van der Waals surface area (Å²) >= 11 is 6.34. The molecule has 0 N–H and O–H groups in total. The van der Waals surface area contributed by atoms with Crippen LogP contribution in [-0.4, -0.2) is 15.0 Å². The Morgan fingerprint density at radius 2 is 1.37 bits per heavy atom. The van der Waals surface area contributed by atoms with Crippen LogP contribution in [0.1, 0.15) is 40.7 Å². The Morgan fingerprint density at radius 3 is 2.07 bits per heavy atom. The van der Waals surface area contributed by atoms with Crippen LogP contribution < -0.4 is 0 Å². The molecule has 0 aliphatic rings. The molecule has 3 heterocycles. The second kappa shape index (κ2) is 13.6. The predicted octanol–water partition coefficient (Wildman–Crippen LogP) is 7.72. The smallest absolute Gasteiger partial charge is 0.775 e. The number of nitrogens with zero attached hydrogens (tertiary/aromatic N) is 3. The van der Waals surface area contributed by atoms with Crippen molar-refractivity contribution < 1.29 is 20.1 Å². The molecular formula is C38H30IrN3S. The summed E-state index contributed by atoms with van der Waals surface area (Å²) in [6, 6.07) is 49.8. The molecule has 0 spiro atoms. The van der Waals surface area contributed by atoms with Gasteiger partial charge in [-0.1, -0.05) is 78.3 Å².